The van der Waals surface area contributed by atoms with Crippen molar-refractivity contribution in [3.8, 4) is 0 Å². The molecule has 1 aromatic carbocycles. The molecule has 1 rings (SSSR count). The highest BCUT2D eigenvalue weighted by Gasteiger charge is 2.38. The molecule has 1 aromatic rings. The summed E-state index contributed by atoms with van der Waals surface area (Å²) >= 11 is 0. The second-order valence-electron chi connectivity index (χ2n) is 4.59. The Morgan fingerprint density at radius 1 is 1.18 bits per heavy atom. The van der Waals surface area contributed by atoms with Crippen molar-refractivity contribution < 1.29 is 19.8 Å². The molecular formula is C13H16O4. The largest absolute Gasteiger partial charge is 0.481 e. The van der Waals surface area contributed by atoms with Gasteiger partial charge < -0.3 is 10.2 Å². The van der Waals surface area contributed by atoms with Gasteiger partial charge in [0, 0.05) is 5.92 Å². The van der Waals surface area contributed by atoms with Crippen molar-refractivity contribution in [1.29, 1.82) is 0 Å². The van der Waals surface area contributed by atoms with Crippen molar-refractivity contribution in [2.24, 2.45) is 5.41 Å². The third-order valence-electron chi connectivity index (χ3n) is 3.00. The van der Waals surface area contributed by atoms with Crippen LogP contribution in [-0.4, -0.2) is 22.2 Å². The lowest BCUT2D eigenvalue weighted by molar-refractivity contribution is -0.149. The van der Waals surface area contributed by atoms with Crippen LogP contribution >= 0.6 is 0 Å². The molecule has 0 saturated carbocycles. The van der Waals surface area contributed by atoms with Crippen molar-refractivity contribution in [3.05, 3.63) is 35.9 Å². The summed E-state index contributed by atoms with van der Waals surface area (Å²) in [7, 11) is 0. The van der Waals surface area contributed by atoms with E-state index in [0.29, 0.717) is 0 Å². The topological polar surface area (TPSA) is 74.6 Å². The van der Waals surface area contributed by atoms with Gasteiger partial charge in [-0.2, -0.15) is 0 Å². The summed E-state index contributed by atoms with van der Waals surface area (Å²) in [6.45, 7) is 3.10. The SMILES string of the molecule is CC(C)(C(=O)O)[C@@H](CC(=O)O)c1ccccc1. The number of rotatable bonds is 5. The van der Waals surface area contributed by atoms with Crippen molar-refractivity contribution in [2.45, 2.75) is 26.2 Å². The van der Waals surface area contributed by atoms with Gasteiger partial charge >= 0.3 is 11.9 Å². The van der Waals surface area contributed by atoms with E-state index in [9.17, 15) is 14.7 Å². The van der Waals surface area contributed by atoms with E-state index in [-0.39, 0.29) is 6.42 Å². The summed E-state index contributed by atoms with van der Waals surface area (Å²) in [6, 6.07) is 8.90. The molecule has 0 amide bonds. The quantitative estimate of drug-likeness (QED) is 0.822. The van der Waals surface area contributed by atoms with Gasteiger partial charge in [-0.1, -0.05) is 30.3 Å². The zero-order chi connectivity index (χ0) is 13.1. The lowest BCUT2D eigenvalue weighted by atomic mass is 9.73. The van der Waals surface area contributed by atoms with E-state index in [2.05, 4.69) is 0 Å². The van der Waals surface area contributed by atoms with Crippen molar-refractivity contribution in [1.82, 2.24) is 0 Å². The van der Waals surface area contributed by atoms with Crippen molar-refractivity contribution in [2.75, 3.05) is 0 Å². The predicted octanol–water partition coefficient (Wildman–Crippen LogP) is 2.36. The Balaban J connectivity index is 3.13. The molecule has 0 radical (unpaired) electrons. The molecule has 2 N–H and O–H groups in total. The summed E-state index contributed by atoms with van der Waals surface area (Å²) in [5, 5.41) is 18.1. The molecule has 0 spiro atoms. The van der Waals surface area contributed by atoms with Crippen LogP contribution in [0.2, 0.25) is 0 Å². The van der Waals surface area contributed by atoms with Crippen molar-refractivity contribution in [3.63, 3.8) is 0 Å². The van der Waals surface area contributed by atoms with Gasteiger partial charge in [-0.25, -0.2) is 0 Å². The van der Waals surface area contributed by atoms with Gasteiger partial charge in [0.1, 0.15) is 0 Å². The van der Waals surface area contributed by atoms with Gasteiger partial charge in [0.15, 0.2) is 0 Å². The minimum atomic E-state index is -1.11. The average molecular weight is 236 g/mol. The van der Waals surface area contributed by atoms with Gasteiger partial charge in [-0.15, -0.1) is 0 Å². The monoisotopic (exact) mass is 236 g/mol. The fourth-order valence-corrected chi connectivity index (χ4v) is 1.80. The number of carboxylic acids is 2. The number of aliphatic carboxylic acids is 2. The Bertz CT molecular complexity index is 409. The van der Waals surface area contributed by atoms with Crippen LogP contribution < -0.4 is 0 Å². The van der Waals surface area contributed by atoms with E-state index < -0.39 is 23.3 Å². The zero-order valence-electron chi connectivity index (χ0n) is 9.88. The second-order valence-corrected chi connectivity index (χ2v) is 4.59. The van der Waals surface area contributed by atoms with Gasteiger partial charge in [-0.05, 0) is 19.4 Å². The molecule has 4 nitrogen and oxygen atoms in total. The third kappa shape index (κ3) is 3.06. The minimum Gasteiger partial charge on any atom is -0.481 e. The standard InChI is InChI=1S/C13H16O4/c1-13(2,12(16)17)10(8-11(14)15)9-6-4-3-5-7-9/h3-7,10H,8H2,1-2H3,(H,14,15)(H,16,17)/t10-/m0/s1. The Kier molecular flexibility index (Phi) is 3.89. The molecule has 0 aliphatic rings. The first-order valence-corrected chi connectivity index (χ1v) is 5.36. The summed E-state index contributed by atoms with van der Waals surface area (Å²) in [5.41, 5.74) is -0.373. The highest BCUT2D eigenvalue weighted by molar-refractivity contribution is 5.77. The van der Waals surface area contributed by atoms with E-state index in [0.717, 1.165) is 5.56 Å². The molecule has 0 aromatic heterocycles. The van der Waals surface area contributed by atoms with Crippen LogP contribution in [0.4, 0.5) is 0 Å². The average Bonchev–Trinajstić information content (AvgIpc) is 2.26. The molecule has 0 unspecified atom stereocenters. The summed E-state index contributed by atoms with van der Waals surface area (Å²) in [4.78, 5) is 22.1. The number of carbonyl (C=O) groups is 2. The molecule has 0 aliphatic heterocycles. The number of carboxylic acid groups (broad SMARTS) is 2. The molecule has 0 saturated heterocycles. The second kappa shape index (κ2) is 4.99. The molecule has 4 heteroatoms. The molecule has 0 heterocycles. The summed E-state index contributed by atoms with van der Waals surface area (Å²) in [6.07, 6.45) is -0.191. The minimum absolute atomic E-state index is 0.191. The highest BCUT2D eigenvalue weighted by atomic mass is 16.4. The number of benzene rings is 1. The van der Waals surface area contributed by atoms with Crippen LogP contribution in [0.25, 0.3) is 0 Å². The van der Waals surface area contributed by atoms with E-state index in [1.165, 1.54) is 0 Å². The smallest absolute Gasteiger partial charge is 0.309 e. The molecule has 0 aliphatic carbocycles. The Morgan fingerprint density at radius 3 is 2.12 bits per heavy atom. The number of hydrogen-bond donors (Lipinski definition) is 2. The molecular weight excluding hydrogens is 220 g/mol. The van der Waals surface area contributed by atoms with Gasteiger partial charge in [0.2, 0.25) is 0 Å². The summed E-state index contributed by atoms with van der Waals surface area (Å²) < 4.78 is 0. The lowest BCUT2D eigenvalue weighted by Gasteiger charge is -2.29. The van der Waals surface area contributed by atoms with E-state index >= 15 is 0 Å². The van der Waals surface area contributed by atoms with Gasteiger partial charge in [-0.3, -0.25) is 9.59 Å². The van der Waals surface area contributed by atoms with E-state index in [4.69, 9.17) is 5.11 Å². The van der Waals surface area contributed by atoms with Gasteiger partial charge in [0.25, 0.3) is 0 Å². The maximum atomic E-state index is 11.2. The molecule has 17 heavy (non-hydrogen) atoms. The maximum absolute atomic E-state index is 11.2. The van der Waals surface area contributed by atoms with Crippen LogP contribution in [0.5, 0.6) is 0 Å². The molecule has 0 bridgehead atoms. The fraction of sp³-hybridized carbons (Fsp3) is 0.385. The van der Waals surface area contributed by atoms with Crippen LogP contribution in [0.15, 0.2) is 30.3 Å². The highest BCUT2D eigenvalue weighted by Crippen LogP contribution is 2.38. The van der Waals surface area contributed by atoms with Crippen LogP contribution in [0.3, 0.4) is 0 Å². The molecule has 1 atom stereocenters. The number of hydrogen-bond acceptors (Lipinski definition) is 2. The first-order chi connectivity index (χ1) is 7.85. The van der Waals surface area contributed by atoms with Crippen LogP contribution in [-0.2, 0) is 9.59 Å². The zero-order valence-corrected chi connectivity index (χ0v) is 9.88. The lowest BCUT2D eigenvalue weighted by Crippen LogP contribution is -2.32. The first kappa shape index (κ1) is 13.2. The Hall–Kier alpha value is -1.84. The molecule has 92 valence electrons. The summed E-state index contributed by atoms with van der Waals surface area (Å²) in [5.74, 6) is -2.53. The molecule has 0 fully saturated rings. The van der Waals surface area contributed by atoms with Gasteiger partial charge in [0.05, 0.1) is 11.8 Å². The normalized spacial score (nSPS) is 13.1. The Labute approximate surface area is 99.9 Å². The predicted molar refractivity (Wildman–Crippen MR) is 62.9 cm³/mol. The first-order valence-electron chi connectivity index (χ1n) is 5.36. The van der Waals surface area contributed by atoms with E-state index in [1.54, 1.807) is 38.1 Å². The van der Waals surface area contributed by atoms with E-state index in [1.807, 2.05) is 6.07 Å². The van der Waals surface area contributed by atoms with Crippen molar-refractivity contribution >= 4 is 11.9 Å². The third-order valence-corrected chi connectivity index (χ3v) is 3.00. The fourth-order valence-electron chi connectivity index (χ4n) is 1.80. The van der Waals surface area contributed by atoms with Crippen LogP contribution in [0.1, 0.15) is 31.7 Å². The Morgan fingerprint density at radius 2 is 1.71 bits per heavy atom. The van der Waals surface area contributed by atoms with Crippen LogP contribution in [0, 0.1) is 5.41 Å². The maximum Gasteiger partial charge on any atom is 0.309 e.